The Morgan fingerprint density at radius 1 is 1.04 bits per heavy atom. The van der Waals surface area contributed by atoms with Gasteiger partial charge < -0.3 is 15.1 Å². The standard InChI is InChI=1S/C20H22Cl2N4O2/c21-16-5-4-15(17(22)13-16)14-24-19(27)6-7-20(28)26-11-9-25(10-12-26)18-3-1-2-8-23-18/h1-5,8,13H,6-7,9-12,14H2,(H,24,27). The normalized spacial score (nSPS) is 14.1. The zero-order valence-corrected chi connectivity index (χ0v) is 16.9. The SMILES string of the molecule is O=C(CCC(=O)N1CCN(c2ccccn2)CC1)NCc1ccc(Cl)cc1Cl. The summed E-state index contributed by atoms with van der Waals surface area (Å²) in [6, 6.07) is 10.9. The molecule has 1 N–H and O–H groups in total. The van der Waals surface area contributed by atoms with Crippen LogP contribution in [0.15, 0.2) is 42.6 Å². The maximum Gasteiger partial charge on any atom is 0.223 e. The number of piperazine rings is 1. The van der Waals surface area contributed by atoms with Gasteiger partial charge in [-0.2, -0.15) is 0 Å². The van der Waals surface area contributed by atoms with Gasteiger partial charge in [-0.15, -0.1) is 0 Å². The van der Waals surface area contributed by atoms with Gasteiger partial charge in [0.25, 0.3) is 0 Å². The Morgan fingerprint density at radius 3 is 2.50 bits per heavy atom. The number of rotatable bonds is 6. The first-order valence-electron chi connectivity index (χ1n) is 9.17. The van der Waals surface area contributed by atoms with Crippen LogP contribution in [0.2, 0.25) is 10.0 Å². The quantitative estimate of drug-likeness (QED) is 0.779. The fourth-order valence-electron chi connectivity index (χ4n) is 3.05. The molecule has 28 heavy (non-hydrogen) atoms. The van der Waals surface area contributed by atoms with Crippen LogP contribution in [0, 0.1) is 0 Å². The number of amides is 2. The highest BCUT2D eigenvalue weighted by atomic mass is 35.5. The van der Waals surface area contributed by atoms with Crippen LogP contribution in [0.3, 0.4) is 0 Å². The molecule has 0 aliphatic carbocycles. The summed E-state index contributed by atoms with van der Waals surface area (Å²) in [7, 11) is 0. The fourth-order valence-corrected chi connectivity index (χ4v) is 3.53. The molecule has 0 atom stereocenters. The molecule has 148 valence electrons. The zero-order chi connectivity index (χ0) is 19.9. The molecule has 2 aromatic rings. The second-order valence-corrected chi connectivity index (χ2v) is 7.41. The largest absolute Gasteiger partial charge is 0.353 e. The molecular weight excluding hydrogens is 399 g/mol. The van der Waals surface area contributed by atoms with Gasteiger partial charge in [-0.1, -0.05) is 35.3 Å². The van der Waals surface area contributed by atoms with Crippen molar-refractivity contribution in [2.75, 3.05) is 31.1 Å². The van der Waals surface area contributed by atoms with Crippen molar-refractivity contribution in [3.05, 3.63) is 58.2 Å². The summed E-state index contributed by atoms with van der Waals surface area (Å²) in [5.41, 5.74) is 0.788. The monoisotopic (exact) mass is 420 g/mol. The van der Waals surface area contributed by atoms with Gasteiger partial charge in [0.1, 0.15) is 5.82 Å². The van der Waals surface area contributed by atoms with Crippen LogP contribution in [-0.2, 0) is 16.1 Å². The lowest BCUT2D eigenvalue weighted by atomic mass is 10.2. The second-order valence-electron chi connectivity index (χ2n) is 6.57. The van der Waals surface area contributed by atoms with Gasteiger partial charge in [0.2, 0.25) is 11.8 Å². The van der Waals surface area contributed by atoms with E-state index in [1.807, 2.05) is 23.1 Å². The number of carbonyl (C=O) groups excluding carboxylic acids is 2. The predicted molar refractivity (Wildman–Crippen MR) is 111 cm³/mol. The lowest BCUT2D eigenvalue weighted by Gasteiger charge is -2.35. The number of nitrogens with one attached hydrogen (secondary N) is 1. The molecule has 1 fully saturated rings. The van der Waals surface area contributed by atoms with Crippen LogP contribution in [0.25, 0.3) is 0 Å². The Bertz CT molecular complexity index is 824. The van der Waals surface area contributed by atoms with E-state index in [2.05, 4.69) is 15.2 Å². The second kappa shape index (κ2) is 9.75. The number of carbonyl (C=O) groups is 2. The topological polar surface area (TPSA) is 65.5 Å². The average Bonchev–Trinajstić information content (AvgIpc) is 2.72. The van der Waals surface area contributed by atoms with Crippen LogP contribution < -0.4 is 10.2 Å². The van der Waals surface area contributed by atoms with Crippen molar-refractivity contribution < 1.29 is 9.59 Å². The number of pyridine rings is 1. The molecule has 0 bridgehead atoms. The Hall–Kier alpha value is -2.31. The van der Waals surface area contributed by atoms with Crippen LogP contribution in [0.5, 0.6) is 0 Å². The third-order valence-corrected chi connectivity index (χ3v) is 5.25. The lowest BCUT2D eigenvalue weighted by molar-refractivity contribution is -0.133. The van der Waals surface area contributed by atoms with Gasteiger partial charge in [0, 0.05) is 61.8 Å². The summed E-state index contributed by atoms with van der Waals surface area (Å²) in [5, 5.41) is 3.85. The van der Waals surface area contributed by atoms with E-state index >= 15 is 0 Å². The molecule has 0 unspecified atom stereocenters. The maximum atomic E-state index is 12.4. The van der Waals surface area contributed by atoms with Gasteiger partial charge in [0.05, 0.1) is 0 Å². The van der Waals surface area contributed by atoms with E-state index in [0.717, 1.165) is 24.5 Å². The first kappa shape index (κ1) is 20.4. The van der Waals surface area contributed by atoms with Crippen LogP contribution in [-0.4, -0.2) is 47.9 Å². The Kier molecular flexibility index (Phi) is 7.12. The summed E-state index contributed by atoms with van der Waals surface area (Å²) >= 11 is 12.0. The Labute approximate surface area is 174 Å². The molecule has 0 saturated carbocycles. The Balaban J connectivity index is 1.39. The van der Waals surface area contributed by atoms with Crippen molar-refractivity contribution in [3.63, 3.8) is 0 Å². The predicted octanol–water partition coefficient (Wildman–Crippen LogP) is 3.13. The third-order valence-electron chi connectivity index (χ3n) is 4.66. The first-order valence-corrected chi connectivity index (χ1v) is 9.93. The number of benzene rings is 1. The van der Waals surface area contributed by atoms with Crippen LogP contribution in [0.4, 0.5) is 5.82 Å². The van der Waals surface area contributed by atoms with Crippen LogP contribution >= 0.6 is 23.2 Å². The molecule has 6 nitrogen and oxygen atoms in total. The molecule has 0 spiro atoms. The number of halogens is 2. The van der Waals surface area contributed by atoms with E-state index in [-0.39, 0.29) is 24.7 Å². The van der Waals surface area contributed by atoms with Crippen molar-refractivity contribution in [1.82, 2.24) is 15.2 Å². The smallest absolute Gasteiger partial charge is 0.223 e. The van der Waals surface area contributed by atoms with Crippen molar-refractivity contribution in [2.45, 2.75) is 19.4 Å². The highest BCUT2D eigenvalue weighted by molar-refractivity contribution is 6.35. The minimum absolute atomic E-state index is 0.000321. The maximum absolute atomic E-state index is 12.4. The number of anilines is 1. The Morgan fingerprint density at radius 2 is 1.82 bits per heavy atom. The molecule has 1 saturated heterocycles. The third kappa shape index (κ3) is 5.59. The molecule has 1 aromatic heterocycles. The molecular formula is C20H22Cl2N4O2. The van der Waals surface area contributed by atoms with E-state index in [1.165, 1.54) is 0 Å². The van der Waals surface area contributed by atoms with Gasteiger partial charge >= 0.3 is 0 Å². The number of nitrogens with zero attached hydrogens (tertiary/aromatic N) is 3. The molecule has 2 heterocycles. The molecule has 1 aliphatic rings. The van der Waals surface area contributed by atoms with E-state index in [0.29, 0.717) is 29.7 Å². The van der Waals surface area contributed by atoms with Gasteiger partial charge in [-0.25, -0.2) is 4.98 Å². The van der Waals surface area contributed by atoms with E-state index in [4.69, 9.17) is 23.2 Å². The van der Waals surface area contributed by atoms with Gasteiger partial charge in [0.15, 0.2) is 0 Å². The van der Waals surface area contributed by atoms with E-state index in [1.54, 1.807) is 24.4 Å². The van der Waals surface area contributed by atoms with Crippen molar-refractivity contribution in [3.8, 4) is 0 Å². The summed E-state index contributed by atoms with van der Waals surface area (Å²) in [6.45, 7) is 3.06. The van der Waals surface area contributed by atoms with Gasteiger partial charge in [-0.3, -0.25) is 9.59 Å². The first-order chi connectivity index (χ1) is 13.5. The minimum Gasteiger partial charge on any atom is -0.353 e. The molecule has 3 rings (SSSR count). The van der Waals surface area contributed by atoms with Crippen molar-refractivity contribution in [2.24, 2.45) is 0 Å². The highest BCUT2D eigenvalue weighted by Crippen LogP contribution is 2.20. The minimum atomic E-state index is -0.175. The average molecular weight is 421 g/mol. The summed E-state index contributed by atoms with van der Waals surface area (Å²) in [4.78, 5) is 32.7. The molecule has 1 aromatic carbocycles. The summed E-state index contributed by atoms with van der Waals surface area (Å²) in [5.74, 6) is 0.752. The van der Waals surface area contributed by atoms with Crippen molar-refractivity contribution >= 4 is 40.8 Å². The molecule has 0 radical (unpaired) electrons. The summed E-state index contributed by atoms with van der Waals surface area (Å²) in [6.07, 6.45) is 2.12. The molecule has 8 heteroatoms. The van der Waals surface area contributed by atoms with Crippen LogP contribution in [0.1, 0.15) is 18.4 Å². The number of aromatic nitrogens is 1. The fraction of sp³-hybridized carbons (Fsp3) is 0.350. The number of hydrogen-bond donors (Lipinski definition) is 1. The highest BCUT2D eigenvalue weighted by Gasteiger charge is 2.22. The van der Waals surface area contributed by atoms with E-state index < -0.39 is 0 Å². The number of hydrogen-bond acceptors (Lipinski definition) is 4. The van der Waals surface area contributed by atoms with E-state index in [9.17, 15) is 9.59 Å². The lowest BCUT2D eigenvalue weighted by Crippen LogP contribution is -2.49. The van der Waals surface area contributed by atoms with Crippen molar-refractivity contribution in [1.29, 1.82) is 0 Å². The molecule has 1 aliphatic heterocycles. The van der Waals surface area contributed by atoms with Gasteiger partial charge in [-0.05, 0) is 29.8 Å². The zero-order valence-electron chi connectivity index (χ0n) is 15.4. The summed E-state index contributed by atoms with van der Waals surface area (Å²) < 4.78 is 0. The molecule has 2 amide bonds.